The molecule has 4 rings (SSSR count). The molecule has 0 bridgehead atoms. The fourth-order valence-corrected chi connectivity index (χ4v) is 5.06. The second kappa shape index (κ2) is 13.3. The lowest BCUT2D eigenvalue weighted by Gasteiger charge is -2.37. The summed E-state index contributed by atoms with van der Waals surface area (Å²) in [5.74, 6) is 0.169. The van der Waals surface area contributed by atoms with Gasteiger partial charge in [0.2, 0.25) is 0 Å². The molecule has 12 nitrogen and oxygen atoms in total. The van der Waals surface area contributed by atoms with Gasteiger partial charge < -0.3 is 9.05 Å². The average molecular weight is 559 g/mol. The number of carbonyl (C=O) groups is 2. The molecule has 0 N–H and O–H groups in total. The highest BCUT2D eigenvalue weighted by Crippen LogP contribution is 2.28. The summed E-state index contributed by atoms with van der Waals surface area (Å²) in [7, 11) is 0. The fraction of sp³-hybridized carbons (Fsp3) is 0.643. The third kappa shape index (κ3) is 7.03. The molecule has 4 heterocycles. The maximum Gasteiger partial charge on any atom is 0.480 e. The first-order valence-electron chi connectivity index (χ1n) is 14.6. The molecular weight excluding hydrogens is 516 g/mol. The maximum atomic E-state index is 13.1. The predicted octanol–water partition coefficient (Wildman–Crippen LogP) is 4.00. The average Bonchev–Trinajstić information content (AvgIpc) is 3.65. The van der Waals surface area contributed by atoms with E-state index < -0.39 is 11.9 Å². The van der Waals surface area contributed by atoms with Crippen molar-refractivity contribution in [1.82, 2.24) is 20.3 Å². The van der Waals surface area contributed by atoms with E-state index in [0.29, 0.717) is 75.5 Å². The third-order valence-corrected chi connectivity index (χ3v) is 7.64. The Kier molecular flexibility index (Phi) is 9.85. The highest BCUT2D eigenvalue weighted by molar-refractivity contribution is 6.29. The van der Waals surface area contributed by atoms with E-state index in [1.165, 1.54) is 0 Å². The summed E-state index contributed by atoms with van der Waals surface area (Å²) in [6.45, 7) is 10.8. The zero-order chi connectivity index (χ0) is 28.6. The van der Waals surface area contributed by atoms with Crippen LogP contribution in [0.3, 0.4) is 0 Å². The van der Waals surface area contributed by atoms with Crippen LogP contribution < -0.4 is 0 Å². The van der Waals surface area contributed by atoms with Gasteiger partial charge in [-0.3, -0.25) is 9.68 Å². The summed E-state index contributed by atoms with van der Waals surface area (Å²) >= 11 is 0. The SMILES string of the molecule is CCCCc1noc(C2=CCC[N+](CC)(OC(=O)C(=O)O[N+]3(CC)CCC=C(c4nc(CCCC)no4)C3)C2)n1. The predicted molar refractivity (Wildman–Crippen MR) is 144 cm³/mol. The number of hydrogen-bond donors (Lipinski definition) is 0. The molecule has 0 saturated heterocycles. The zero-order valence-corrected chi connectivity index (χ0v) is 24.2. The van der Waals surface area contributed by atoms with Crippen molar-refractivity contribution in [2.75, 3.05) is 39.3 Å². The van der Waals surface area contributed by atoms with Crippen LogP contribution in [0.2, 0.25) is 0 Å². The van der Waals surface area contributed by atoms with Crippen LogP contribution in [-0.2, 0) is 32.1 Å². The Bertz CT molecular complexity index is 1140. The molecule has 0 spiro atoms. The molecule has 12 heteroatoms. The van der Waals surface area contributed by atoms with Gasteiger partial charge in [0.15, 0.2) is 11.6 Å². The Labute approximate surface area is 235 Å². The number of aromatic nitrogens is 4. The Morgan fingerprint density at radius 3 is 1.55 bits per heavy atom. The van der Waals surface area contributed by atoms with Crippen molar-refractivity contribution in [2.45, 2.75) is 79.1 Å². The van der Waals surface area contributed by atoms with E-state index in [1.807, 2.05) is 26.0 Å². The lowest BCUT2D eigenvalue weighted by Crippen LogP contribution is -2.56. The Morgan fingerprint density at radius 1 is 0.750 bits per heavy atom. The highest BCUT2D eigenvalue weighted by atomic mass is 16.8. The monoisotopic (exact) mass is 558 g/mol. The minimum atomic E-state index is -1.01. The summed E-state index contributed by atoms with van der Waals surface area (Å²) in [6.07, 6.45) is 10.9. The van der Waals surface area contributed by atoms with Gasteiger partial charge in [0.25, 0.3) is 11.8 Å². The maximum absolute atomic E-state index is 13.1. The summed E-state index contributed by atoms with van der Waals surface area (Å²) < 4.78 is 10.9. The Morgan fingerprint density at radius 2 is 1.18 bits per heavy atom. The molecule has 218 valence electrons. The van der Waals surface area contributed by atoms with Crippen LogP contribution in [0, 0.1) is 0 Å². The van der Waals surface area contributed by atoms with E-state index in [2.05, 4.69) is 34.1 Å². The summed E-state index contributed by atoms with van der Waals surface area (Å²) in [5.41, 5.74) is 1.62. The number of likely N-dealkylation sites (N-methyl/N-ethyl adjacent to an activating group) is 2. The molecule has 0 fully saturated rings. The first-order chi connectivity index (χ1) is 19.3. The first kappa shape index (κ1) is 29.6. The van der Waals surface area contributed by atoms with Crippen molar-refractivity contribution in [1.29, 1.82) is 0 Å². The number of carbonyl (C=O) groups excluding carboxylic acids is 2. The van der Waals surface area contributed by atoms with Crippen molar-refractivity contribution >= 4 is 23.1 Å². The van der Waals surface area contributed by atoms with E-state index in [4.69, 9.17) is 18.7 Å². The normalized spacial score (nSPS) is 22.9. The minimum Gasteiger partial charge on any atom is -0.334 e. The lowest BCUT2D eigenvalue weighted by atomic mass is 10.1. The molecule has 0 radical (unpaired) electrons. The molecule has 0 aliphatic carbocycles. The van der Waals surface area contributed by atoms with Crippen molar-refractivity contribution < 1.29 is 37.6 Å². The van der Waals surface area contributed by atoms with E-state index in [9.17, 15) is 9.59 Å². The Hall–Kier alpha value is -3.38. The zero-order valence-electron chi connectivity index (χ0n) is 24.2. The van der Waals surface area contributed by atoms with E-state index >= 15 is 0 Å². The van der Waals surface area contributed by atoms with Gasteiger partial charge in [-0.2, -0.15) is 9.97 Å². The van der Waals surface area contributed by atoms with Crippen molar-refractivity contribution in [2.24, 2.45) is 0 Å². The molecule has 2 unspecified atom stereocenters. The minimum absolute atomic E-state index is 0.0494. The van der Waals surface area contributed by atoms with Crippen LogP contribution >= 0.6 is 0 Å². The van der Waals surface area contributed by atoms with E-state index in [0.717, 1.165) is 49.7 Å². The molecule has 2 aliphatic heterocycles. The fourth-order valence-electron chi connectivity index (χ4n) is 5.06. The molecular formula is C28H42N6O6+2. The number of aryl methyl sites for hydroxylation is 2. The molecule has 40 heavy (non-hydrogen) atoms. The van der Waals surface area contributed by atoms with Gasteiger partial charge in [-0.1, -0.05) is 49.2 Å². The van der Waals surface area contributed by atoms with Gasteiger partial charge in [-0.05, 0) is 26.7 Å². The van der Waals surface area contributed by atoms with Gasteiger partial charge in [-0.15, -0.1) is 9.29 Å². The van der Waals surface area contributed by atoms with E-state index in [1.54, 1.807) is 0 Å². The highest BCUT2D eigenvalue weighted by Gasteiger charge is 2.44. The van der Waals surface area contributed by atoms with Gasteiger partial charge in [-0.25, -0.2) is 9.59 Å². The molecule has 2 aliphatic rings. The number of quaternary nitrogens is 2. The van der Waals surface area contributed by atoms with E-state index in [-0.39, 0.29) is 9.29 Å². The summed E-state index contributed by atoms with van der Waals surface area (Å²) in [5, 5.41) is 8.16. The topological polar surface area (TPSA) is 130 Å². The van der Waals surface area contributed by atoms with Gasteiger partial charge in [0.1, 0.15) is 39.3 Å². The number of hydroxylamine groups is 6. The molecule has 2 atom stereocenters. The molecule has 0 amide bonds. The summed E-state index contributed by atoms with van der Waals surface area (Å²) in [6, 6.07) is 0. The summed E-state index contributed by atoms with van der Waals surface area (Å²) in [4.78, 5) is 46.8. The van der Waals surface area contributed by atoms with Crippen molar-refractivity contribution in [3.63, 3.8) is 0 Å². The van der Waals surface area contributed by atoms with Crippen LogP contribution in [0.4, 0.5) is 0 Å². The molecule has 2 aromatic heterocycles. The van der Waals surface area contributed by atoms with Crippen LogP contribution in [0.15, 0.2) is 21.2 Å². The lowest BCUT2D eigenvalue weighted by molar-refractivity contribution is -1.09. The number of rotatable bonds is 12. The molecule has 2 aromatic rings. The van der Waals surface area contributed by atoms with Crippen LogP contribution in [-0.4, -0.2) is 80.8 Å². The Balaban J connectivity index is 1.39. The van der Waals surface area contributed by atoms with Gasteiger partial charge in [0, 0.05) is 25.7 Å². The largest absolute Gasteiger partial charge is 0.480 e. The molecule has 0 aromatic carbocycles. The van der Waals surface area contributed by atoms with Crippen LogP contribution in [0.25, 0.3) is 11.1 Å². The smallest absolute Gasteiger partial charge is 0.334 e. The van der Waals surface area contributed by atoms with Crippen molar-refractivity contribution in [3.8, 4) is 0 Å². The first-order valence-corrected chi connectivity index (χ1v) is 14.6. The second-order valence-electron chi connectivity index (χ2n) is 10.5. The third-order valence-electron chi connectivity index (χ3n) is 7.64. The number of hydrogen-bond acceptors (Lipinski definition) is 10. The second-order valence-corrected chi connectivity index (χ2v) is 10.5. The van der Waals surface area contributed by atoms with Crippen LogP contribution in [0.5, 0.6) is 0 Å². The van der Waals surface area contributed by atoms with Gasteiger partial charge in [0.05, 0.1) is 11.1 Å². The van der Waals surface area contributed by atoms with Gasteiger partial charge >= 0.3 is 11.9 Å². The van der Waals surface area contributed by atoms with Crippen LogP contribution in [0.1, 0.15) is 89.7 Å². The van der Waals surface area contributed by atoms with Crippen molar-refractivity contribution in [3.05, 3.63) is 35.6 Å². The molecule has 0 saturated carbocycles. The number of unbranched alkanes of at least 4 members (excludes halogenated alkanes) is 2. The standard InChI is InChI=1S/C28H42N6O6/c1-5-9-15-23-29-25(37-31-23)21-13-11-17-33(7-3,19-21)39-27(35)28(36)40-34(8-4)18-12-14-22(20-34)26-30-24(32-38-26)16-10-6-2/h13-14H,5-12,15-20H2,1-4H3/q+2. The quantitative estimate of drug-likeness (QED) is 0.278. The number of nitrogens with zero attached hydrogens (tertiary/aromatic N) is 6.